The topological polar surface area (TPSA) is 90.5 Å². The van der Waals surface area contributed by atoms with E-state index in [0.29, 0.717) is 24.2 Å². The van der Waals surface area contributed by atoms with Crippen LogP contribution in [0, 0.1) is 0 Å². The minimum Gasteiger partial charge on any atom is -0.459 e. The average Bonchev–Trinajstić information content (AvgIpc) is 2.74. The molecule has 0 amide bonds. The van der Waals surface area contributed by atoms with Gasteiger partial charge < -0.3 is 19.2 Å². The molecule has 0 bridgehead atoms. The first-order valence-electron chi connectivity index (χ1n) is 5.13. The summed E-state index contributed by atoms with van der Waals surface area (Å²) in [5.41, 5.74) is 0.0287. The fraction of sp³-hybridized carbons (Fsp3) is 0.500. The first-order valence-corrected chi connectivity index (χ1v) is 5.92. The Morgan fingerprint density at radius 1 is 1.39 bits per heavy atom. The van der Waals surface area contributed by atoms with Crippen LogP contribution in [0.1, 0.15) is 21.0 Å². The Hall–Kier alpha value is -1.25. The summed E-state index contributed by atoms with van der Waals surface area (Å²) in [5.74, 6) is -0.648. The molecule has 0 atom stereocenters. The van der Waals surface area contributed by atoms with Crippen LogP contribution in [0.15, 0.2) is 4.73 Å². The van der Waals surface area contributed by atoms with Gasteiger partial charge in [0.05, 0.1) is 19.8 Å². The number of hydrogen-bond donors (Lipinski definition) is 1. The fourth-order valence-corrected chi connectivity index (χ4v) is 1.50. The largest absolute Gasteiger partial charge is 0.459 e. The molecule has 1 N–H and O–H groups in total. The number of imidazole rings is 1. The zero-order chi connectivity index (χ0) is 13.4. The zero-order valence-electron chi connectivity index (χ0n) is 9.77. The van der Waals surface area contributed by atoms with Crippen LogP contribution in [-0.4, -0.2) is 55.8 Å². The maximum atomic E-state index is 11.6. The Balaban J connectivity index is 2.34. The van der Waals surface area contributed by atoms with Gasteiger partial charge in [0.15, 0.2) is 16.7 Å². The molecular formula is C10H13BrN2O5. The molecule has 0 saturated heterocycles. The predicted octanol–water partition coefficient (Wildman–Crippen LogP) is 0.804. The average molecular weight is 321 g/mol. The Kier molecular flexibility index (Phi) is 6.55. The van der Waals surface area contributed by atoms with E-state index in [1.165, 1.54) is 0 Å². The Morgan fingerprint density at radius 2 is 2.11 bits per heavy atom. The molecule has 0 saturated carbocycles. The Morgan fingerprint density at radius 3 is 2.78 bits per heavy atom. The molecule has 0 fully saturated rings. The third-order valence-electron chi connectivity index (χ3n) is 1.91. The molecule has 0 aliphatic carbocycles. The highest BCUT2D eigenvalue weighted by molar-refractivity contribution is 9.10. The summed E-state index contributed by atoms with van der Waals surface area (Å²) in [4.78, 5) is 28.6. The standard InChI is InChI=1S/C10H13BrN2O5/c1-16-2-3-17-4-5-18-9(15)8-7(6-14)12-10(11)13-8/h6H,2-5H2,1H3,(H,12,13). The molecule has 1 aromatic heterocycles. The van der Waals surface area contributed by atoms with Crippen molar-refractivity contribution in [1.29, 1.82) is 0 Å². The van der Waals surface area contributed by atoms with Crippen molar-refractivity contribution in [3.8, 4) is 0 Å². The summed E-state index contributed by atoms with van der Waals surface area (Å²) in [6, 6.07) is 0. The van der Waals surface area contributed by atoms with E-state index in [-0.39, 0.29) is 24.6 Å². The van der Waals surface area contributed by atoms with E-state index in [0.717, 1.165) is 0 Å². The molecule has 1 heterocycles. The highest BCUT2D eigenvalue weighted by Crippen LogP contribution is 2.10. The molecule has 1 rings (SSSR count). The van der Waals surface area contributed by atoms with Gasteiger partial charge in [-0.1, -0.05) is 0 Å². The van der Waals surface area contributed by atoms with Crippen molar-refractivity contribution in [3.63, 3.8) is 0 Å². The van der Waals surface area contributed by atoms with Gasteiger partial charge in [-0.15, -0.1) is 0 Å². The van der Waals surface area contributed by atoms with Crippen molar-refractivity contribution in [2.24, 2.45) is 0 Å². The molecule has 0 spiro atoms. The first kappa shape index (κ1) is 14.8. The third kappa shape index (κ3) is 4.55. The highest BCUT2D eigenvalue weighted by Gasteiger charge is 2.17. The van der Waals surface area contributed by atoms with Gasteiger partial charge >= 0.3 is 5.97 Å². The highest BCUT2D eigenvalue weighted by atomic mass is 79.9. The number of aromatic amines is 1. The molecular weight excluding hydrogens is 308 g/mol. The number of carbonyl (C=O) groups is 2. The molecule has 0 aromatic carbocycles. The molecule has 7 nitrogen and oxygen atoms in total. The normalized spacial score (nSPS) is 10.3. The number of esters is 1. The van der Waals surface area contributed by atoms with E-state index in [4.69, 9.17) is 14.2 Å². The maximum absolute atomic E-state index is 11.6. The van der Waals surface area contributed by atoms with Crippen LogP contribution < -0.4 is 0 Å². The van der Waals surface area contributed by atoms with Crippen molar-refractivity contribution >= 4 is 28.2 Å². The SMILES string of the molecule is COCCOCCOC(=O)c1[nH]c(Br)nc1C=O. The lowest BCUT2D eigenvalue weighted by molar-refractivity contribution is 0.0209. The van der Waals surface area contributed by atoms with Crippen molar-refractivity contribution in [2.75, 3.05) is 33.5 Å². The van der Waals surface area contributed by atoms with Crippen LogP contribution in [-0.2, 0) is 14.2 Å². The van der Waals surface area contributed by atoms with Gasteiger partial charge in [-0.25, -0.2) is 9.78 Å². The predicted molar refractivity (Wildman–Crippen MR) is 64.7 cm³/mol. The second-order valence-electron chi connectivity index (χ2n) is 3.15. The van der Waals surface area contributed by atoms with Crippen molar-refractivity contribution < 1.29 is 23.8 Å². The number of rotatable bonds is 8. The van der Waals surface area contributed by atoms with Crippen LogP contribution >= 0.6 is 15.9 Å². The number of aldehydes is 1. The summed E-state index contributed by atoms with van der Waals surface area (Å²) in [6.07, 6.45) is 0.479. The molecule has 0 unspecified atom stereocenters. The molecule has 1 aromatic rings. The minimum atomic E-state index is -0.648. The quantitative estimate of drug-likeness (QED) is 0.433. The van der Waals surface area contributed by atoms with Gasteiger partial charge in [0.25, 0.3) is 0 Å². The van der Waals surface area contributed by atoms with E-state index >= 15 is 0 Å². The summed E-state index contributed by atoms with van der Waals surface area (Å²) in [7, 11) is 1.57. The lowest BCUT2D eigenvalue weighted by Gasteiger charge is -2.04. The van der Waals surface area contributed by atoms with Crippen LogP contribution in [0.25, 0.3) is 0 Å². The number of hydrogen-bond acceptors (Lipinski definition) is 6. The second-order valence-corrected chi connectivity index (χ2v) is 3.90. The number of nitrogens with zero attached hydrogens (tertiary/aromatic N) is 1. The minimum absolute atomic E-state index is 0.00664. The van der Waals surface area contributed by atoms with Crippen molar-refractivity contribution in [3.05, 3.63) is 16.1 Å². The molecule has 18 heavy (non-hydrogen) atoms. The lowest BCUT2D eigenvalue weighted by atomic mass is 10.3. The zero-order valence-corrected chi connectivity index (χ0v) is 11.4. The van der Waals surface area contributed by atoms with Crippen LogP contribution in [0.3, 0.4) is 0 Å². The van der Waals surface area contributed by atoms with Crippen LogP contribution in [0.4, 0.5) is 0 Å². The van der Waals surface area contributed by atoms with Crippen LogP contribution in [0.2, 0.25) is 0 Å². The molecule has 0 aliphatic heterocycles. The van der Waals surface area contributed by atoms with Crippen molar-refractivity contribution in [1.82, 2.24) is 9.97 Å². The van der Waals surface area contributed by atoms with Gasteiger partial charge in [-0.05, 0) is 15.9 Å². The number of halogens is 1. The van der Waals surface area contributed by atoms with Gasteiger partial charge in [0.1, 0.15) is 12.3 Å². The number of ether oxygens (including phenoxy) is 3. The smallest absolute Gasteiger partial charge is 0.357 e. The summed E-state index contributed by atoms with van der Waals surface area (Å²) >= 11 is 3.03. The van der Waals surface area contributed by atoms with Gasteiger partial charge in [-0.2, -0.15) is 0 Å². The monoisotopic (exact) mass is 320 g/mol. The molecule has 100 valence electrons. The number of nitrogens with one attached hydrogen (secondary N) is 1. The summed E-state index contributed by atoms with van der Waals surface area (Å²) in [6.45, 7) is 1.28. The maximum Gasteiger partial charge on any atom is 0.357 e. The first-order chi connectivity index (χ1) is 8.69. The number of aromatic nitrogens is 2. The van der Waals surface area contributed by atoms with E-state index in [1.54, 1.807) is 7.11 Å². The summed E-state index contributed by atoms with van der Waals surface area (Å²) < 4.78 is 15.1. The number of methoxy groups -OCH3 is 1. The molecule has 0 radical (unpaired) electrons. The second kappa shape index (κ2) is 7.96. The van der Waals surface area contributed by atoms with Gasteiger partial charge in [0.2, 0.25) is 0 Å². The number of carbonyl (C=O) groups excluding carboxylic acids is 2. The van der Waals surface area contributed by atoms with E-state index in [1.807, 2.05) is 0 Å². The third-order valence-corrected chi connectivity index (χ3v) is 2.29. The lowest BCUT2D eigenvalue weighted by Crippen LogP contribution is -2.14. The number of H-pyrrole nitrogens is 1. The van der Waals surface area contributed by atoms with Gasteiger partial charge in [-0.3, -0.25) is 4.79 Å². The molecule has 8 heteroatoms. The molecule has 0 aliphatic rings. The Labute approximate surface area is 112 Å². The van der Waals surface area contributed by atoms with E-state index in [2.05, 4.69) is 25.9 Å². The van der Waals surface area contributed by atoms with Gasteiger partial charge in [0, 0.05) is 7.11 Å². The van der Waals surface area contributed by atoms with Crippen molar-refractivity contribution in [2.45, 2.75) is 0 Å². The fourth-order valence-electron chi connectivity index (χ4n) is 1.11. The van der Waals surface area contributed by atoms with E-state index < -0.39 is 5.97 Å². The summed E-state index contributed by atoms with van der Waals surface area (Å²) in [5, 5.41) is 0. The van der Waals surface area contributed by atoms with E-state index in [9.17, 15) is 9.59 Å². The Bertz CT molecular complexity index is 407. The van der Waals surface area contributed by atoms with Crippen LogP contribution in [0.5, 0.6) is 0 Å².